The zero-order valence-corrected chi connectivity index (χ0v) is 10.3. The molecule has 1 aromatic rings. The number of carbonyl (C=O) groups is 1. The van der Waals surface area contributed by atoms with Crippen LogP contribution in [0, 0.1) is 5.92 Å². The SMILES string of the molecule is O=C1CC(CBr)CN1c1ccc(Cl)cn1. The summed E-state index contributed by atoms with van der Waals surface area (Å²) in [5.41, 5.74) is 0. The topological polar surface area (TPSA) is 33.2 Å². The van der Waals surface area contributed by atoms with E-state index in [0.29, 0.717) is 23.2 Å². The second kappa shape index (κ2) is 4.49. The van der Waals surface area contributed by atoms with E-state index in [4.69, 9.17) is 11.6 Å². The van der Waals surface area contributed by atoms with Crippen molar-refractivity contribution in [3.63, 3.8) is 0 Å². The van der Waals surface area contributed by atoms with Crippen LogP contribution in [0.1, 0.15) is 6.42 Å². The van der Waals surface area contributed by atoms with Crippen molar-refractivity contribution in [2.24, 2.45) is 5.92 Å². The van der Waals surface area contributed by atoms with Crippen LogP contribution in [-0.4, -0.2) is 22.8 Å². The molecular weight excluding hydrogens is 279 g/mol. The van der Waals surface area contributed by atoms with Gasteiger partial charge in [0.25, 0.3) is 0 Å². The van der Waals surface area contributed by atoms with Crippen LogP contribution in [-0.2, 0) is 4.79 Å². The quantitative estimate of drug-likeness (QED) is 0.784. The molecule has 5 heteroatoms. The van der Waals surface area contributed by atoms with Crippen molar-refractivity contribution in [2.75, 3.05) is 16.8 Å². The number of hydrogen-bond donors (Lipinski definition) is 0. The van der Waals surface area contributed by atoms with Gasteiger partial charge in [0.2, 0.25) is 5.91 Å². The van der Waals surface area contributed by atoms with Gasteiger partial charge in [-0.05, 0) is 18.1 Å². The Kier molecular flexibility index (Phi) is 3.26. The summed E-state index contributed by atoms with van der Waals surface area (Å²) in [5, 5.41) is 1.44. The van der Waals surface area contributed by atoms with E-state index in [9.17, 15) is 4.79 Å². The van der Waals surface area contributed by atoms with Gasteiger partial charge in [0.05, 0.1) is 5.02 Å². The molecule has 1 saturated heterocycles. The highest BCUT2D eigenvalue weighted by Gasteiger charge is 2.30. The van der Waals surface area contributed by atoms with Gasteiger partial charge in [-0.2, -0.15) is 0 Å². The smallest absolute Gasteiger partial charge is 0.228 e. The van der Waals surface area contributed by atoms with Crippen molar-refractivity contribution in [3.8, 4) is 0 Å². The third-order valence-corrected chi connectivity index (χ3v) is 3.55. The van der Waals surface area contributed by atoms with Crippen molar-refractivity contribution >= 4 is 39.3 Å². The normalized spacial score (nSPS) is 21.1. The summed E-state index contributed by atoms with van der Waals surface area (Å²) >= 11 is 9.13. The third kappa shape index (κ3) is 2.32. The van der Waals surface area contributed by atoms with Crippen LogP contribution in [0.25, 0.3) is 0 Å². The number of halogens is 2. The van der Waals surface area contributed by atoms with E-state index in [0.717, 1.165) is 11.9 Å². The van der Waals surface area contributed by atoms with Crippen LogP contribution in [0.5, 0.6) is 0 Å². The van der Waals surface area contributed by atoms with Crippen LogP contribution in [0.15, 0.2) is 18.3 Å². The number of pyridine rings is 1. The molecule has 0 radical (unpaired) electrons. The van der Waals surface area contributed by atoms with Gasteiger partial charge in [-0.25, -0.2) is 4.98 Å². The maximum absolute atomic E-state index is 11.7. The molecule has 1 aliphatic rings. The first-order chi connectivity index (χ1) is 7.20. The van der Waals surface area contributed by atoms with E-state index in [-0.39, 0.29) is 5.91 Å². The number of carbonyl (C=O) groups excluding carboxylic acids is 1. The summed E-state index contributed by atoms with van der Waals surface area (Å²) in [5.74, 6) is 1.21. The molecule has 1 fully saturated rings. The molecule has 0 saturated carbocycles. The van der Waals surface area contributed by atoms with Gasteiger partial charge in [0.15, 0.2) is 0 Å². The molecule has 0 bridgehead atoms. The van der Waals surface area contributed by atoms with Gasteiger partial charge in [-0.15, -0.1) is 0 Å². The van der Waals surface area contributed by atoms with Crippen molar-refractivity contribution in [3.05, 3.63) is 23.4 Å². The minimum Gasteiger partial charge on any atom is -0.297 e. The minimum absolute atomic E-state index is 0.134. The molecule has 15 heavy (non-hydrogen) atoms. The van der Waals surface area contributed by atoms with Gasteiger partial charge in [-0.1, -0.05) is 27.5 Å². The Morgan fingerprint density at radius 2 is 2.40 bits per heavy atom. The van der Waals surface area contributed by atoms with E-state index < -0.39 is 0 Å². The van der Waals surface area contributed by atoms with E-state index in [1.165, 1.54) is 0 Å². The summed E-state index contributed by atoms with van der Waals surface area (Å²) in [7, 11) is 0. The van der Waals surface area contributed by atoms with Crippen LogP contribution >= 0.6 is 27.5 Å². The Morgan fingerprint density at radius 3 is 2.93 bits per heavy atom. The average Bonchev–Trinajstić information content (AvgIpc) is 2.61. The molecule has 2 heterocycles. The Labute approximate surface area is 102 Å². The standard InChI is InChI=1S/C10H10BrClN2O/c11-4-7-3-10(15)14(6-7)9-2-1-8(12)5-13-9/h1-2,5,7H,3-4,6H2. The molecule has 0 spiro atoms. The Morgan fingerprint density at radius 1 is 1.60 bits per heavy atom. The van der Waals surface area contributed by atoms with E-state index in [1.807, 2.05) is 0 Å². The fourth-order valence-electron chi connectivity index (χ4n) is 1.63. The van der Waals surface area contributed by atoms with Crippen LogP contribution < -0.4 is 4.90 Å². The minimum atomic E-state index is 0.134. The fourth-order valence-corrected chi connectivity index (χ4v) is 2.18. The first-order valence-corrected chi connectivity index (χ1v) is 6.18. The van der Waals surface area contributed by atoms with Crippen molar-refractivity contribution in [1.29, 1.82) is 0 Å². The molecule has 0 N–H and O–H groups in total. The molecule has 0 aromatic carbocycles. The molecule has 1 aliphatic heterocycles. The third-order valence-electron chi connectivity index (χ3n) is 2.41. The monoisotopic (exact) mass is 288 g/mol. The summed E-state index contributed by atoms with van der Waals surface area (Å²) in [6, 6.07) is 3.52. The number of amides is 1. The van der Waals surface area contributed by atoms with Crippen LogP contribution in [0.3, 0.4) is 0 Å². The van der Waals surface area contributed by atoms with Crippen molar-refractivity contribution in [1.82, 2.24) is 4.98 Å². The van der Waals surface area contributed by atoms with E-state index in [2.05, 4.69) is 20.9 Å². The zero-order chi connectivity index (χ0) is 10.8. The number of nitrogens with zero attached hydrogens (tertiary/aromatic N) is 2. The number of alkyl halides is 1. The highest BCUT2D eigenvalue weighted by atomic mass is 79.9. The number of rotatable bonds is 2. The lowest BCUT2D eigenvalue weighted by atomic mass is 10.2. The molecule has 1 aromatic heterocycles. The molecular formula is C10H10BrClN2O. The predicted molar refractivity (Wildman–Crippen MR) is 63.5 cm³/mol. The molecule has 3 nitrogen and oxygen atoms in total. The summed E-state index contributed by atoms with van der Waals surface area (Å²) in [6.07, 6.45) is 2.15. The molecule has 1 atom stereocenters. The van der Waals surface area contributed by atoms with E-state index in [1.54, 1.807) is 23.2 Å². The van der Waals surface area contributed by atoms with Crippen LogP contribution in [0.2, 0.25) is 5.02 Å². The molecule has 2 rings (SSSR count). The highest BCUT2D eigenvalue weighted by molar-refractivity contribution is 9.09. The van der Waals surface area contributed by atoms with Crippen molar-refractivity contribution < 1.29 is 4.79 Å². The Hall–Kier alpha value is -0.610. The van der Waals surface area contributed by atoms with Gasteiger partial charge in [0, 0.05) is 24.5 Å². The first kappa shape index (κ1) is 10.9. The number of hydrogen-bond acceptors (Lipinski definition) is 2. The van der Waals surface area contributed by atoms with Gasteiger partial charge < -0.3 is 0 Å². The average molecular weight is 290 g/mol. The summed E-state index contributed by atoms with van der Waals surface area (Å²) < 4.78 is 0. The van der Waals surface area contributed by atoms with E-state index >= 15 is 0 Å². The lowest BCUT2D eigenvalue weighted by molar-refractivity contribution is -0.117. The lowest BCUT2D eigenvalue weighted by Crippen LogP contribution is -2.25. The molecule has 0 aliphatic carbocycles. The highest BCUT2D eigenvalue weighted by Crippen LogP contribution is 2.25. The summed E-state index contributed by atoms with van der Waals surface area (Å²) in [6.45, 7) is 0.735. The lowest BCUT2D eigenvalue weighted by Gasteiger charge is -2.14. The zero-order valence-electron chi connectivity index (χ0n) is 7.99. The number of anilines is 1. The Balaban J connectivity index is 2.18. The van der Waals surface area contributed by atoms with Crippen LogP contribution in [0.4, 0.5) is 5.82 Å². The fraction of sp³-hybridized carbons (Fsp3) is 0.400. The maximum Gasteiger partial charge on any atom is 0.228 e. The molecule has 80 valence electrons. The second-order valence-corrected chi connectivity index (χ2v) is 4.65. The Bertz CT molecular complexity index is 368. The first-order valence-electron chi connectivity index (χ1n) is 4.68. The maximum atomic E-state index is 11.7. The van der Waals surface area contributed by atoms with Gasteiger partial charge in [0.1, 0.15) is 5.82 Å². The second-order valence-electron chi connectivity index (χ2n) is 3.56. The molecule has 1 unspecified atom stereocenters. The predicted octanol–water partition coefficient (Wildman–Crippen LogP) is 2.48. The molecule has 1 amide bonds. The number of aromatic nitrogens is 1. The van der Waals surface area contributed by atoms with Crippen molar-refractivity contribution in [2.45, 2.75) is 6.42 Å². The largest absolute Gasteiger partial charge is 0.297 e. The van der Waals surface area contributed by atoms with Gasteiger partial charge >= 0.3 is 0 Å². The van der Waals surface area contributed by atoms with Gasteiger partial charge in [-0.3, -0.25) is 9.69 Å². The summed E-state index contributed by atoms with van der Waals surface area (Å²) in [4.78, 5) is 17.5.